The second-order valence-corrected chi connectivity index (χ2v) is 8.23. The van der Waals surface area contributed by atoms with Crippen molar-refractivity contribution in [3.05, 3.63) is 28.7 Å². The van der Waals surface area contributed by atoms with Crippen LogP contribution in [0.2, 0.25) is 0 Å². The Balaban J connectivity index is 2.28. The molecule has 5 atom stereocenters. The molecule has 0 aliphatic carbocycles. The third-order valence-electron chi connectivity index (χ3n) is 3.82. The van der Waals surface area contributed by atoms with Crippen LogP contribution in [0.1, 0.15) is 20.8 Å². The molecule has 5 unspecified atom stereocenters. The molecular formula is C18H22BrNO7S. The molecule has 1 aromatic carbocycles. The first-order chi connectivity index (χ1) is 13.2. The third kappa shape index (κ3) is 6.47. The summed E-state index contributed by atoms with van der Waals surface area (Å²) in [5, 5.41) is 0. The summed E-state index contributed by atoms with van der Waals surface area (Å²) in [6.07, 6.45) is -2.62. The van der Waals surface area contributed by atoms with Gasteiger partial charge in [0.2, 0.25) is 0 Å². The Morgan fingerprint density at radius 2 is 1.61 bits per heavy atom. The van der Waals surface area contributed by atoms with Crippen LogP contribution >= 0.6 is 27.7 Å². The Morgan fingerprint density at radius 3 is 2.14 bits per heavy atom. The van der Waals surface area contributed by atoms with Gasteiger partial charge in [0.15, 0.2) is 6.10 Å². The lowest BCUT2D eigenvalue weighted by molar-refractivity contribution is -0.201. The number of rotatable bonds is 6. The quantitative estimate of drug-likeness (QED) is 0.487. The Labute approximate surface area is 175 Å². The highest BCUT2D eigenvalue weighted by atomic mass is 79.9. The zero-order valence-electron chi connectivity index (χ0n) is 15.6. The van der Waals surface area contributed by atoms with Crippen LogP contribution in [-0.2, 0) is 33.3 Å². The molecule has 0 amide bonds. The van der Waals surface area contributed by atoms with E-state index in [9.17, 15) is 14.4 Å². The highest BCUT2D eigenvalue weighted by molar-refractivity contribution is 9.10. The highest BCUT2D eigenvalue weighted by Crippen LogP contribution is 2.36. The average molecular weight is 476 g/mol. The number of hydrogen-bond acceptors (Lipinski definition) is 9. The maximum absolute atomic E-state index is 11.6. The van der Waals surface area contributed by atoms with E-state index in [0.717, 1.165) is 9.37 Å². The first-order valence-electron chi connectivity index (χ1n) is 8.48. The fourth-order valence-electron chi connectivity index (χ4n) is 2.69. The summed E-state index contributed by atoms with van der Waals surface area (Å²) in [6, 6.07) is 6.60. The van der Waals surface area contributed by atoms with Gasteiger partial charge in [0.1, 0.15) is 24.3 Å². The van der Waals surface area contributed by atoms with Gasteiger partial charge in [-0.15, -0.1) is 0 Å². The maximum Gasteiger partial charge on any atom is 0.303 e. The molecular weight excluding hydrogens is 454 g/mol. The van der Waals surface area contributed by atoms with Crippen LogP contribution in [0.3, 0.4) is 0 Å². The molecule has 8 nitrogen and oxygen atoms in total. The van der Waals surface area contributed by atoms with Gasteiger partial charge in [-0.3, -0.25) is 14.4 Å². The molecule has 154 valence electrons. The van der Waals surface area contributed by atoms with Crippen LogP contribution in [0.15, 0.2) is 33.6 Å². The summed E-state index contributed by atoms with van der Waals surface area (Å²) >= 11 is 4.68. The van der Waals surface area contributed by atoms with Crippen molar-refractivity contribution in [2.45, 2.75) is 55.5 Å². The van der Waals surface area contributed by atoms with Crippen molar-refractivity contribution in [1.29, 1.82) is 0 Å². The van der Waals surface area contributed by atoms with E-state index in [1.165, 1.54) is 32.5 Å². The molecule has 2 N–H and O–H groups in total. The molecule has 0 spiro atoms. The molecule has 0 saturated carbocycles. The minimum absolute atomic E-state index is 0.148. The van der Waals surface area contributed by atoms with Crippen LogP contribution in [0.4, 0.5) is 0 Å². The highest BCUT2D eigenvalue weighted by Gasteiger charge is 2.48. The van der Waals surface area contributed by atoms with Gasteiger partial charge >= 0.3 is 17.9 Å². The smallest absolute Gasteiger partial charge is 0.303 e. The SMILES string of the molecule is CC(=O)OCC1OC(Sc2ccc(Br)cc2)C(OC(C)=O)C(N)C1OC(C)=O. The number of nitrogens with two attached hydrogens (primary N) is 1. The average Bonchev–Trinajstić information content (AvgIpc) is 2.60. The Hall–Kier alpha value is -1.62. The summed E-state index contributed by atoms with van der Waals surface area (Å²) in [6.45, 7) is 3.61. The summed E-state index contributed by atoms with van der Waals surface area (Å²) in [5.74, 6) is -1.61. The van der Waals surface area contributed by atoms with Crippen LogP contribution in [0.5, 0.6) is 0 Å². The molecule has 1 aliphatic rings. The van der Waals surface area contributed by atoms with Crippen LogP contribution < -0.4 is 5.73 Å². The monoisotopic (exact) mass is 475 g/mol. The van der Waals surface area contributed by atoms with E-state index in [0.29, 0.717) is 0 Å². The minimum atomic E-state index is -0.942. The molecule has 0 bridgehead atoms. The van der Waals surface area contributed by atoms with Gasteiger partial charge < -0.3 is 24.7 Å². The van der Waals surface area contributed by atoms with Crippen LogP contribution in [-0.4, -0.2) is 54.3 Å². The number of carbonyl (C=O) groups is 3. The zero-order valence-corrected chi connectivity index (χ0v) is 18.0. The second-order valence-electron chi connectivity index (χ2n) is 6.14. The summed E-state index contributed by atoms with van der Waals surface area (Å²) < 4.78 is 22.6. The summed E-state index contributed by atoms with van der Waals surface area (Å²) in [5.41, 5.74) is 5.60. The van der Waals surface area contributed by atoms with Crippen molar-refractivity contribution in [2.75, 3.05) is 6.61 Å². The van der Waals surface area contributed by atoms with E-state index in [4.69, 9.17) is 24.7 Å². The van der Waals surface area contributed by atoms with Gasteiger partial charge in [0.25, 0.3) is 0 Å². The van der Waals surface area contributed by atoms with Gasteiger partial charge in [0.05, 0.1) is 6.04 Å². The molecule has 10 heteroatoms. The molecule has 1 heterocycles. The third-order valence-corrected chi connectivity index (χ3v) is 5.51. The van der Waals surface area contributed by atoms with E-state index in [1.807, 2.05) is 24.3 Å². The summed E-state index contributed by atoms with van der Waals surface area (Å²) in [7, 11) is 0. The van der Waals surface area contributed by atoms with Gasteiger partial charge in [-0.25, -0.2) is 0 Å². The normalized spacial score (nSPS) is 27.0. The second kappa shape index (κ2) is 10.2. The lowest BCUT2D eigenvalue weighted by Crippen LogP contribution is -2.63. The first-order valence-corrected chi connectivity index (χ1v) is 10.2. The maximum atomic E-state index is 11.6. The van der Waals surface area contributed by atoms with Gasteiger partial charge in [-0.1, -0.05) is 27.7 Å². The zero-order chi connectivity index (χ0) is 20.8. The standard InChI is InChI=1S/C18H22BrNO7S/c1-9(21)24-8-14-16(25-10(2)22)15(20)17(26-11(3)23)18(27-14)28-13-6-4-12(19)5-7-13/h4-7,14-18H,8,20H2,1-3H3. The van der Waals surface area contributed by atoms with Gasteiger partial charge in [-0.2, -0.15) is 0 Å². The van der Waals surface area contributed by atoms with Crippen molar-refractivity contribution < 1.29 is 33.3 Å². The molecule has 1 saturated heterocycles. The fraction of sp³-hybridized carbons (Fsp3) is 0.500. The Bertz CT molecular complexity index is 712. The first kappa shape index (κ1) is 22.7. The number of carbonyl (C=O) groups excluding carboxylic acids is 3. The molecule has 1 aliphatic heterocycles. The predicted molar refractivity (Wildman–Crippen MR) is 104 cm³/mol. The minimum Gasteiger partial charge on any atom is -0.463 e. The Kier molecular flexibility index (Phi) is 8.29. The van der Waals surface area contributed by atoms with Crippen molar-refractivity contribution in [3.63, 3.8) is 0 Å². The molecule has 1 aromatic rings. The van der Waals surface area contributed by atoms with Crippen molar-refractivity contribution >= 4 is 45.6 Å². The number of hydrogen-bond donors (Lipinski definition) is 1. The number of thioether (sulfide) groups is 1. The number of halogens is 1. The van der Waals surface area contributed by atoms with Crippen LogP contribution in [0.25, 0.3) is 0 Å². The fourth-order valence-corrected chi connectivity index (χ4v) is 4.09. The topological polar surface area (TPSA) is 114 Å². The lowest BCUT2D eigenvalue weighted by Gasteiger charge is -2.43. The molecule has 0 aromatic heterocycles. The van der Waals surface area contributed by atoms with E-state index in [2.05, 4.69) is 15.9 Å². The van der Waals surface area contributed by atoms with Gasteiger partial charge in [-0.05, 0) is 24.3 Å². The molecule has 2 rings (SSSR count). The van der Waals surface area contributed by atoms with E-state index >= 15 is 0 Å². The number of esters is 3. The van der Waals surface area contributed by atoms with E-state index < -0.39 is 47.7 Å². The van der Waals surface area contributed by atoms with Gasteiger partial charge in [0, 0.05) is 30.1 Å². The van der Waals surface area contributed by atoms with E-state index in [-0.39, 0.29) is 6.61 Å². The van der Waals surface area contributed by atoms with E-state index in [1.54, 1.807) is 0 Å². The molecule has 1 fully saturated rings. The lowest BCUT2D eigenvalue weighted by atomic mass is 9.97. The number of ether oxygens (including phenoxy) is 4. The largest absolute Gasteiger partial charge is 0.463 e. The van der Waals surface area contributed by atoms with Crippen LogP contribution in [0, 0.1) is 0 Å². The number of benzene rings is 1. The van der Waals surface area contributed by atoms with Crippen molar-refractivity contribution in [1.82, 2.24) is 0 Å². The summed E-state index contributed by atoms with van der Waals surface area (Å²) in [4.78, 5) is 35.2. The van der Waals surface area contributed by atoms with Crippen molar-refractivity contribution in [3.8, 4) is 0 Å². The predicted octanol–water partition coefficient (Wildman–Crippen LogP) is 2.02. The molecule has 0 radical (unpaired) electrons. The molecule has 28 heavy (non-hydrogen) atoms. The Morgan fingerprint density at radius 1 is 1.04 bits per heavy atom. The van der Waals surface area contributed by atoms with Crippen molar-refractivity contribution in [2.24, 2.45) is 5.73 Å².